The number of hydrogen-bond acceptors (Lipinski definition) is 3. The summed E-state index contributed by atoms with van der Waals surface area (Å²) >= 11 is 0. The van der Waals surface area contributed by atoms with Crippen LogP contribution >= 0.6 is 0 Å². The summed E-state index contributed by atoms with van der Waals surface area (Å²) in [4.78, 5) is 12.0. The van der Waals surface area contributed by atoms with Crippen molar-refractivity contribution in [1.82, 2.24) is 0 Å². The molecule has 0 bridgehead atoms. The molecule has 0 aliphatic heterocycles. The van der Waals surface area contributed by atoms with Crippen LogP contribution in [0, 0.1) is 5.92 Å². The number of nitrogens with two attached hydrogens (primary N) is 2. The minimum atomic E-state index is 0.202. The number of carbonyl (C=O) groups is 1. The molecule has 1 fully saturated rings. The van der Waals surface area contributed by atoms with Gasteiger partial charge in [0, 0.05) is 11.5 Å². The molecule has 3 nitrogen and oxygen atoms in total. The molecule has 1 aliphatic rings. The number of Topliss-reactive ketones (excluding diaryl/α,β-unsaturated/α-hetero) is 1. The third-order valence-electron chi connectivity index (χ3n) is 3.10. The first-order valence-electron chi connectivity index (χ1n) is 5.37. The fourth-order valence-corrected chi connectivity index (χ4v) is 2.15. The van der Waals surface area contributed by atoms with Crippen molar-refractivity contribution in [3.05, 3.63) is 23.8 Å². The van der Waals surface area contributed by atoms with Gasteiger partial charge in [-0.2, -0.15) is 0 Å². The molecule has 1 aliphatic carbocycles. The van der Waals surface area contributed by atoms with Crippen LogP contribution in [0.4, 0.5) is 11.4 Å². The maximum Gasteiger partial charge on any atom is 0.166 e. The van der Waals surface area contributed by atoms with Crippen molar-refractivity contribution in [3.63, 3.8) is 0 Å². The minimum Gasteiger partial charge on any atom is -0.397 e. The first-order valence-corrected chi connectivity index (χ1v) is 5.37. The number of benzene rings is 1. The molecule has 4 N–H and O–H groups in total. The van der Waals surface area contributed by atoms with Gasteiger partial charge in [-0.1, -0.05) is 12.8 Å². The van der Waals surface area contributed by atoms with Crippen molar-refractivity contribution in [2.75, 3.05) is 11.5 Å². The highest BCUT2D eigenvalue weighted by Gasteiger charge is 2.23. The van der Waals surface area contributed by atoms with E-state index in [4.69, 9.17) is 11.5 Å². The van der Waals surface area contributed by atoms with E-state index in [2.05, 4.69) is 0 Å². The summed E-state index contributed by atoms with van der Waals surface area (Å²) in [7, 11) is 0. The summed E-state index contributed by atoms with van der Waals surface area (Å²) in [6.07, 6.45) is 4.37. The minimum absolute atomic E-state index is 0.202. The van der Waals surface area contributed by atoms with E-state index in [1.165, 1.54) is 12.8 Å². The number of anilines is 2. The van der Waals surface area contributed by atoms with E-state index in [1.807, 2.05) is 0 Å². The molecule has 1 aromatic rings. The highest BCUT2D eigenvalue weighted by Crippen LogP contribution is 2.29. The van der Waals surface area contributed by atoms with Gasteiger partial charge < -0.3 is 11.5 Å². The van der Waals surface area contributed by atoms with E-state index in [0.29, 0.717) is 16.9 Å². The van der Waals surface area contributed by atoms with Gasteiger partial charge in [0.1, 0.15) is 0 Å². The lowest BCUT2D eigenvalue weighted by Crippen LogP contribution is -2.11. The fourth-order valence-electron chi connectivity index (χ4n) is 2.15. The smallest absolute Gasteiger partial charge is 0.166 e. The van der Waals surface area contributed by atoms with E-state index in [0.717, 1.165) is 12.8 Å². The van der Waals surface area contributed by atoms with Crippen molar-refractivity contribution >= 4 is 17.2 Å². The van der Waals surface area contributed by atoms with Crippen LogP contribution in [0.1, 0.15) is 36.0 Å². The van der Waals surface area contributed by atoms with E-state index in [9.17, 15) is 4.79 Å². The van der Waals surface area contributed by atoms with Gasteiger partial charge in [-0.25, -0.2) is 0 Å². The zero-order chi connectivity index (χ0) is 10.8. The van der Waals surface area contributed by atoms with Crippen LogP contribution in [0.3, 0.4) is 0 Å². The number of nitrogen functional groups attached to an aromatic ring is 2. The molecule has 0 saturated heterocycles. The van der Waals surface area contributed by atoms with Crippen molar-refractivity contribution < 1.29 is 4.79 Å². The second-order valence-electron chi connectivity index (χ2n) is 4.19. The quantitative estimate of drug-likeness (QED) is 0.573. The van der Waals surface area contributed by atoms with Crippen molar-refractivity contribution in [2.24, 2.45) is 5.92 Å². The maximum atomic E-state index is 12.0. The van der Waals surface area contributed by atoms with Gasteiger partial charge in [-0.05, 0) is 31.0 Å². The van der Waals surface area contributed by atoms with Crippen molar-refractivity contribution in [3.8, 4) is 0 Å². The number of rotatable bonds is 2. The van der Waals surface area contributed by atoms with Crippen LogP contribution in [0.5, 0.6) is 0 Å². The van der Waals surface area contributed by atoms with Crippen LogP contribution in [-0.4, -0.2) is 5.78 Å². The summed E-state index contributed by atoms with van der Waals surface area (Å²) in [5, 5.41) is 0. The highest BCUT2D eigenvalue weighted by atomic mass is 16.1. The standard InChI is InChI=1S/C12H16N2O/c13-10-6-5-9(7-11(10)14)12(15)8-3-1-2-4-8/h5-8H,1-4,13-14H2. The molecule has 0 amide bonds. The summed E-state index contributed by atoms with van der Waals surface area (Å²) < 4.78 is 0. The molecular formula is C12H16N2O. The number of ketones is 1. The molecule has 0 heterocycles. The average Bonchev–Trinajstić information content (AvgIpc) is 2.74. The number of carbonyl (C=O) groups excluding carboxylic acids is 1. The first-order chi connectivity index (χ1) is 7.18. The van der Waals surface area contributed by atoms with Gasteiger partial charge in [-0.15, -0.1) is 0 Å². The largest absolute Gasteiger partial charge is 0.397 e. The second kappa shape index (κ2) is 3.93. The second-order valence-corrected chi connectivity index (χ2v) is 4.19. The van der Waals surface area contributed by atoms with Gasteiger partial charge in [0.05, 0.1) is 11.4 Å². The van der Waals surface area contributed by atoms with E-state index in [-0.39, 0.29) is 11.7 Å². The Morgan fingerprint density at radius 1 is 1.13 bits per heavy atom. The molecule has 3 heteroatoms. The molecule has 1 aromatic carbocycles. The average molecular weight is 204 g/mol. The Bertz CT molecular complexity index is 381. The van der Waals surface area contributed by atoms with Gasteiger partial charge >= 0.3 is 0 Å². The molecular weight excluding hydrogens is 188 g/mol. The zero-order valence-electron chi connectivity index (χ0n) is 8.70. The number of hydrogen-bond donors (Lipinski definition) is 2. The third kappa shape index (κ3) is 1.96. The topological polar surface area (TPSA) is 69.1 Å². The molecule has 0 radical (unpaired) electrons. The lowest BCUT2D eigenvalue weighted by molar-refractivity contribution is 0.0923. The van der Waals surface area contributed by atoms with E-state index in [1.54, 1.807) is 18.2 Å². The first kappa shape index (κ1) is 10.0. The normalized spacial score (nSPS) is 16.8. The lowest BCUT2D eigenvalue weighted by atomic mass is 9.96. The molecule has 0 unspecified atom stereocenters. The van der Waals surface area contributed by atoms with Gasteiger partial charge in [-0.3, -0.25) is 4.79 Å². The Hall–Kier alpha value is -1.51. The molecule has 0 aromatic heterocycles. The summed E-state index contributed by atoms with van der Waals surface area (Å²) in [6.45, 7) is 0. The molecule has 0 atom stereocenters. The molecule has 80 valence electrons. The van der Waals surface area contributed by atoms with Crippen molar-refractivity contribution in [1.29, 1.82) is 0 Å². The zero-order valence-corrected chi connectivity index (χ0v) is 8.70. The SMILES string of the molecule is Nc1ccc(C(=O)C2CCCC2)cc1N. The van der Waals surface area contributed by atoms with Crippen LogP contribution in [0.15, 0.2) is 18.2 Å². The predicted octanol–water partition coefficient (Wildman–Crippen LogP) is 2.22. The Balaban J connectivity index is 2.21. The Morgan fingerprint density at radius 2 is 1.80 bits per heavy atom. The van der Waals surface area contributed by atoms with Gasteiger partial charge in [0.15, 0.2) is 5.78 Å². The molecule has 15 heavy (non-hydrogen) atoms. The van der Waals surface area contributed by atoms with Crippen LogP contribution in [0.25, 0.3) is 0 Å². The molecule has 1 saturated carbocycles. The summed E-state index contributed by atoms with van der Waals surface area (Å²) in [6, 6.07) is 5.17. The van der Waals surface area contributed by atoms with Gasteiger partial charge in [0.2, 0.25) is 0 Å². The van der Waals surface area contributed by atoms with Crippen molar-refractivity contribution in [2.45, 2.75) is 25.7 Å². The van der Waals surface area contributed by atoms with Crippen LogP contribution in [0.2, 0.25) is 0 Å². The lowest BCUT2D eigenvalue weighted by Gasteiger charge is -2.09. The Morgan fingerprint density at radius 3 is 2.40 bits per heavy atom. The van der Waals surface area contributed by atoms with E-state index >= 15 is 0 Å². The van der Waals surface area contributed by atoms with Crippen LogP contribution < -0.4 is 11.5 Å². The fraction of sp³-hybridized carbons (Fsp3) is 0.417. The summed E-state index contributed by atoms with van der Waals surface area (Å²) in [5.74, 6) is 0.423. The van der Waals surface area contributed by atoms with Crippen LogP contribution in [-0.2, 0) is 0 Å². The third-order valence-corrected chi connectivity index (χ3v) is 3.10. The Kier molecular flexibility index (Phi) is 2.62. The highest BCUT2D eigenvalue weighted by molar-refractivity contribution is 5.99. The Labute approximate surface area is 89.5 Å². The maximum absolute atomic E-state index is 12.0. The summed E-state index contributed by atoms with van der Waals surface area (Å²) in [5.41, 5.74) is 13.0. The van der Waals surface area contributed by atoms with E-state index < -0.39 is 0 Å². The predicted molar refractivity (Wildman–Crippen MR) is 61.6 cm³/mol. The molecule has 2 rings (SSSR count). The van der Waals surface area contributed by atoms with Gasteiger partial charge in [0.25, 0.3) is 0 Å². The molecule has 0 spiro atoms. The monoisotopic (exact) mass is 204 g/mol.